The number of carboxylic acids is 1. The molecule has 1 amide bonds. The fourth-order valence-electron chi connectivity index (χ4n) is 2.07. The van der Waals surface area contributed by atoms with Crippen LogP contribution < -0.4 is 4.74 Å². The number of aryl methyl sites for hydroxylation is 2. The lowest BCUT2D eigenvalue weighted by atomic mass is 10.1. The number of likely N-dealkylation sites (N-methyl/N-ethyl adjacent to an activating group) is 1. The van der Waals surface area contributed by atoms with E-state index in [2.05, 4.69) is 0 Å². The lowest BCUT2D eigenvalue weighted by Gasteiger charge is -2.23. The van der Waals surface area contributed by atoms with Crippen molar-refractivity contribution in [3.63, 3.8) is 0 Å². The molecule has 0 aliphatic rings. The van der Waals surface area contributed by atoms with E-state index in [4.69, 9.17) is 9.84 Å². The van der Waals surface area contributed by atoms with E-state index >= 15 is 0 Å². The van der Waals surface area contributed by atoms with Gasteiger partial charge in [0.1, 0.15) is 5.75 Å². The zero-order chi connectivity index (χ0) is 16.0. The second kappa shape index (κ2) is 7.67. The number of carboxylic acid groups (broad SMARTS) is 1. The van der Waals surface area contributed by atoms with Crippen molar-refractivity contribution in [1.29, 1.82) is 0 Å². The molecule has 1 rings (SSSR count). The number of hydrogen-bond donors (Lipinski definition) is 1. The molecule has 116 valence electrons. The molecule has 21 heavy (non-hydrogen) atoms. The summed E-state index contributed by atoms with van der Waals surface area (Å²) in [6.07, 6.45) is 0. The summed E-state index contributed by atoms with van der Waals surface area (Å²) in [6.45, 7) is 7.92. The summed E-state index contributed by atoms with van der Waals surface area (Å²) in [6, 6.07) is 5.77. The Morgan fingerprint density at radius 3 is 2.29 bits per heavy atom. The van der Waals surface area contributed by atoms with Gasteiger partial charge >= 0.3 is 5.97 Å². The minimum absolute atomic E-state index is 0.0803. The predicted molar refractivity (Wildman–Crippen MR) is 80.5 cm³/mol. The van der Waals surface area contributed by atoms with Gasteiger partial charge in [0.2, 0.25) is 0 Å². The van der Waals surface area contributed by atoms with Gasteiger partial charge in [-0.3, -0.25) is 9.59 Å². The standard InChI is InChI=1S/C16H23NO4/c1-5-17(9-13(4)16(19)20)15(18)10-21-14-7-11(2)6-12(3)8-14/h6-8,13H,5,9-10H2,1-4H3,(H,19,20). The molecule has 5 nitrogen and oxygen atoms in total. The van der Waals surface area contributed by atoms with Gasteiger partial charge in [0, 0.05) is 13.1 Å². The number of carbonyl (C=O) groups excluding carboxylic acids is 1. The normalized spacial score (nSPS) is 11.8. The molecular formula is C16H23NO4. The third-order valence-corrected chi connectivity index (χ3v) is 3.21. The van der Waals surface area contributed by atoms with Crippen LogP contribution in [0.5, 0.6) is 5.75 Å². The van der Waals surface area contributed by atoms with E-state index in [1.807, 2.05) is 39.0 Å². The molecule has 0 fully saturated rings. The first-order chi connectivity index (χ1) is 9.83. The monoisotopic (exact) mass is 293 g/mol. The number of nitrogens with zero attached hydrogens (tertiary/aromatic N) is 1. The van der Waals surface area contributed by atoms with Crippen molar-refractivity contribution in [2.24, 2.45) is 5.92 Å². The SMILES string of the molecule is CCN(CC(C)C(=O)O)C(=O)COc1cc(C)cc(C)c1. The number of carbonyl (C=O) groups is 2. The molecule has 1 N–H and O–H groups in total. The zero-order valence-electron chi connectivity index (χ0n) is 13.0. The average molecular weight is 293 g/mol. The Balaban J connectivity index is 2.60. The topological polar surface area (TPSA) is 66.8 Å². The third kappa shape index (κ3) is 5.45. The van der Waals surface area contributed by atoms with Crippen LogP contribution in [0.4, 0.5) is 0 Å². The number of aliphatic carboxylic acids is 1. The van der Waals surface area contributed by atoms with Gasteiger partial charge in [-0.2, -0.15) is 0 Å². The highest BCUT2D eigenvalue weighted by Gasteiger charge is 2.19. The molecule has 0 bridgehead atoms. The summed E-state index contributed by atoms with van der Waals surface area (Å²) in [5.74, 6) is -1.04. The lowest BCUT2D eigenvalue weighted by molar-refractivity contribution is -0.143. The molecule has 0 aliphatic heterocycles. The number of benzene rings is 1. The van der Waals surface area contributed by atoms with Crippen molar-refractivity contribution in [1.82, 2.24) is 4.90 Å². The van der Waals surface area contributed by atoms with E-state index in [0.29, 0.717) is 12.3 Å². The summed E-state index contributed by atoms with van der Waals surface area (Å²) >= 11 is 0. The molecule has 1 aromatic rings. The van der Waals surface area contributed by atoms with Gasteiger partial charge in [0.05, 0.1) is 5.92 Å². The first kappa shape index (κ1) is 17.0. The van der Waals surface area contributed by atoms with Crippen LogP contribution in [0.25, 0.3) is 0 Å². The van der Waals surface area contributed by atoms with Crippen molar-refractivity contribution < 1.29 is 19.4 Å². The van der Waals surface area contributed by atoms with Crippen LogP contribution in [-0.2, 0) is 9.59 Å². The molecule has 0 aromatic heterocycles. The summed E-state index contributed by atoms with van der Waals surface area (Å²) in [5, 5.41) is 8.91. The highest BCUT2D eigenvalue weighted by Crippen LogP contribution is 2.16. The maximum absolute atomic E-state index is 12.1. The molecule has 0 saturated carbocycles. The van der Waals surface area contributed by atoms with Crippen LogP contribution in [0, 0.1) is 19.8 Å². The van der Waals surface area contributed by atoms with E-state index in [1.54, 1.807) is 6.92 Å². The molecule has 1 aromatic carbocycles. The first-order valence-electron chi connectivity index (χ1n) is 7.05. The Morgan fingerprint density at radius 1 is 1.24 bits per heavy atom. The number of hydrogen-bond acceptors (Lipinski definition) is 3. The second-order valence-corrected chi connectivity index (χ2v) is 5.28. The van der Waals surface area contributed by atoms with Crippen molar-refractivity contribution in [3.05, 3.63) is 29.3 Å². The molecular weight excluding hydrogens is 270 g/mol. The smallest absolute Gasteiger partial charge is 0.308 e. The third-order valence-electron chi connectivity index (χ3n) is 3.21. The predicted octanol–water partition coefficient (Wildman–Crippen LogP) is 2.25. The maximum Gasteiger partial charge on any atom is 0.308 e. The second-order valence-electron chi connectivity index (χ2n) is 5.28. The quantitative estimate of drug-likeness (QED) is 0.837. The molecule has 5 heteroatoms. The molecule has 0 heterocycles. The highest BCUT2D eigenvalue weighted by atomic mass is 16.5. The Hall–Kier alpha value is -2.04. The van der Waals surface area contributed by atoms with Crippen LogP contribution in [-0.4, -0.2) is 41.6 Å². The lowest BCUT2D eigenvalue weighted by Crippen LogP contribution is -2.39. The van der Waals surface area contributed by atoms with Crippen molar-refractivity contribution >= 4 is 11.9 Å². The molecule has 1 atom stereocenters. The first-order valence-corrected chi connectivity index (χ1v) is 7.05. The fraction of sp³-hybridized carbons (Fsp3) is 0.500. The van der Waals surface area contributed by atoms with E-state index < -0.39 is 11.9 Å². The van der Waals surface area contributed by atoms with Gasteiger partial charge in [-0.05, 0) is 44.0 Å². The van der Waals surface area contributed by atoms with E-state index in [0.717, 1.165) is 11.1 Å². The minimum Gasteiger partial charge on any atom is -0.484 e. The summed E-state index contributed by atoms with van der Waals surface area (Å²) in [4.78, 5) is 24.4. The van der Waals surface area contributed by atoms with Crippen molar-refractivity contribution in [3.8, 4) is 5.75 Å². The van der Waals surface area contributed by atoms with Gasteiger partial charge in [-0.25, -0.2) is 0 Å². The van der Waals surface area contributed by atoms with Crippen molar-refractivity contribution in [2.45, 2.75) is 27.7 Å². The summed E-state index contributed by atoms with van der Waals surface area (Å²) < 4.78 is 5.52. The Labute approximate surface area is 125 Å². The largest absolute Gasteiger partial charge is 0.484 e. The van der Waals surface area contributed by atoms with Crippen LogP contribution in [0.3, 0.4) is 0 Å². The molecule has 0 radical (unpaired) electrons. The van der Waals surface area contributed by atoms with Crippen molar-refractivity contribution in [2.75, 3.05) is 19.7 Å². The van der Waals surface area contributed by atoms with Crippen LogP contribution >= 0.6 is 0 Å². The summed E-state index contributed by atoms with van der Waals surface area (Å²) in [7, 11) is 0. The number of rotatable bonds is 7. The zero-order valence-corrected chi connectivity index (χ0v) is 13.0. The Morgan fingerprint density at radius 2 is 1.81 bits per heavy atom. The highest BCUT2D eigenvalue weighted by molar-refractivity contribution is 5.78. The van der Waals surface area contributed by atoms with Crippen LogP contribution in [0.1, 0.15) is 25.0 Å². The minimum atomic E-state index is -0.906. The molecule has 0 aliphatic carbocycles. The van der Waals surface area contributed by atoms with Gasteiger partial charge in [-0.1, -0.05) is 13.0 Å². The maximum atomic E-state index is 12.1. The van der Waals surface area contributed by atoms with Gasteiger partial charge in [0.25, 0.3) is 5.91 Å². The molecule has 1 unspecified atom stereocenters. The van der Waals surface area contributed by atoms with Gasteiger partial charge < -0.3 is 14.7 Å². The van der Waals surface area contributed by atoms with E-state index in [9.17, 15) is 9.59 Å². The van der Waals surface area contributed by atoms with Gasteiger partial charge in [-0.15, -0.1) is 0 Å². The average Bonchev–Trinajstić information content (AvgIpc) is 2.40. The molecule has 0 saturated heterocycles. The Kier molecular flexibility index (Phi) is 6.21. The van der Waals surface area contributed by atoms with E-state index in [1.165, 1.54) is 4.90 Å². The van der Waals surface area contributed by atoms with Crippen LogP contribution in [0.2, 0.25) is 0 Å². The number of amides is 1. The number of ether oxygens (including phenoxy) is 1. The Bertz CT molecular complexity index is 493. The summed E-state index contributed by atoms with van der Waals surface area (Å²) in [5.41, 5.74) is 2.15. The van der Waals surface area contributed by atoms with Crippen LogP contribution in [0.15, 0.2) is 18.2 Å². The van der Waals surface area contributed by atoms with E-state index in [-0.39, 0.29) is 19.1 Å². The van der Waals surface area contributed by atoms with Gasteiger partial charge in [0.15, 0.2) is 6.61 Å². The fourth-order valence-corrected chi connectivity index (χ4v) is 2.07. The molecule has 0 spiro atoms.